The highest BCUT2D eigenvalue weighted by atomic mass is 32.2. The average molecular weight is 650 g/mol. The zero-order valence-corrected chi connectivity index (χ0v) is 27.0. The number of rotatable bonds is 4. The van der Waals surface area contributed by atoms with Crippen molar-refractivity contribution in [1.82, 2.24) is 0 Å². The Morgan fingerprint density at radius 1 is 0.449 bits per heavy atom. The second-order valence-corrected chi connectivity index (χ2v) is 14.4. The Morgan fingerprint density at radius 2 is 1.04 bits per heavy atom. The monoisotopic (exact) mass is 649 g/mol. The second kappa shape index (κ2) is 10.7. The lowest BCUT2D eigenvalue weighted by Crippen LogP contribution is -2.11. The first-order chi connectivity index (χ1) is 24.2. The Bertz CT molecular complexity index is 2920. The van der Waals surface area contributed by atoms with E-state index in [0.717, 1.165) is 77.3 Å². The second-order valence-electron chi connectivity index (χ2n) is 12.3. The molecule has 0 spiro atoms. The number of para-hydroxylation sites is 1. The molecule has 2 aromatic heterocycles. The van der Waals surface area contributed by atoms with Crippen LogP contribution in [0.5, 0.6) is 0 Å². The molecular formula is C44H27NO3S. The highest BCUT2D eigenvalue weighted by molar-refractivity contribution is 8.03. The van der Waals surface area contributed by atoms with Crippen LogP contribution in [0.2, 0.25) is 0 Å². The van der Waals surface area contributed by atoms with Crippen molar-refractivity contribution in [1.29, 1.82) is 0 Å². The van der Waals surface area contributed by atoms with Gasteiger partial charge in [-0.3, -0.25) is 0 Å². The molecule has 1 aliphatic rings. The van der Waals surface area contributed by atoms with Crippen molar-refractivity contribution in [3.8, 4) is 11.1 Å². The molecule has 1 atom stereocenters. The molecule has 0 N–H and O–H groups in total. The van der Waals surface area contributed by atoms with Crippen LogP contribution < -0.4 is 0 Å². The molecule has 9 aromatic rings. The summed E-state index contributed by atoms with van der Waals surface area (Å²) in [6.45, 7) is 0. The molecule has 49 heavy (non-hydrogen) atoms. The topological polar surface area (TPSA) is 55.7 Å². The molecular weight excluding hydrogens is 623 g/mol. The fourth-order valence-electron chi connectivity index (χ4n) is 7.36. The zero-order chi connectivity index (χ0) is 32.5. The van der Waals surface area contributed by atoms with Crippen molar-refractivity contribution in [3.63, 3.8) is 0 Å². The summed E-state index contributed by atoms with van der Waals surface area (Å²) < 4.78 is 33.7. The Kier molecular flexibility index (Phi) is 6.08. The molecule has 3 heterocycles. The van der Waals surface area contributed by atoms with Crippen LogP contribution in [0.15, 0.2) is 182 Å². The standard InChI is InChI=1S/C44H27NO3S/c46-49(30-15-5-2-6-16-30)44(41(28-13-3-1-4-14-28)32-17-7-9-21-36(32)45-49)34-20-12-24-40-43(34)35-27-29(25-26-38(35)48-40)31-19-11-23-39-42(31)33-18-8-10-22-37(33)47-39/h1-27H. The normalized spacial score (nSPS) is 16.0. The molecule has 0 saturated heterocycles. The van der Waals surface area contributed by atoms with Crippen LogP contribution in [0.25, 0.3) is 65.5 Å². The summed E-state index contributed by atoms with van der Waals surface area (Å²) in [4.78, 5) is 1.35. The third-order valence-electron chi connectivity index (χ3n) is 9.48. The summed E-state index contributed by atoms with van der Waals surface area (Å²) in [6, 6.07) is 54.6. The van der Waals surface area contributed by atoms with Gasteiger partial charge in [-0.05, 0) is 65.2 Å². The lowest BCUT2D eigenvalue weighted by Gasteiger charge is -2.26. The summed E-state index contributed by atoms with van der Waals surface area (Å²) in [5, 5.41) is 4.01. The minimum atomic E-state index is -3.17. The third kappa shape index (κ3) is 4.19. The van der Waals surface area contributed by atoms with E-state index in [1.165, 1.54) is 0 Å². The first kappa shape index (κ1) is 27.9. The molecule has 0 radical (unpaired) electrons. The molecule has 0 saturated carbocycles. The van der Waals surface area contributed by atoms with Gasteiger partial charge in [-0.2, -0.15) is 4.36 Å². The molecule has 4 nitrogen and oxygen atoms in total. The molecule has 10 rings (SSSR count). The van der Waals surface area contributed by atoms with Crippen LogP contribution >= 0.6 is 0 Å². The average Bonchev–Trinajstić information content (AvgIpc) is 3.73. The van der Waals surface area contributed by atoms with Gasteiger partial charge < -0.3 is 8.83 Å². The van der Waals surface area contributed by atoms with Crippen molar-refractivity contribution in [2.75, 3.05) is 0 Å². The van der Waals surface area contributed by atoms with Crippen LogP contribution in [-0.2, 0) is 9.73 Å². The molecule has 0 bridgehead atoms. The Morgan fingerprint density at radius 3 is 1.84 bits per heavy atom. The fourth-order valence-corrected chi connectivity index (χ4v) is 9.73. The maximum atomic E-state index is 15.9. The maximum absolute atomic E-state index is 15.9. The van der Waals surface area contributed by atoms with Crippen LogP contribution in [0.3, 0.4) is 0 Å². The van der Waals surface area contributed by atoms with Crippen molar-refractivity contribution in [2.24, 2.45) is 4.36 Å². The number of furan rings is 2. The van der Waals surface area contributed by atoms with E-state index in [4.69, 9.17) is 13.2 Å². The Labute approximate surface area is 282 Å². The maximum Gasteiger partial charge on any atom is 0.136 e. The minimum absolute atomic E-state index is 0.664. The van der Waals surface area contributed by atoms with Crippen LogP contribution in [0.1, 0.15) is 16.7 Å². The Hall–Kier alpha value is -6.17. The highest BCUT2D eigenvalue weighted by Crippen LogP contribution is 2.50. The van der Waals surface area contributed by atoms with Gasteiger partial charge in [-0.15, -0.1) is 0 Å². The van der Waals surface area contributed by atoms with E-state index < -0.39 is 9.73 Å². The van der Waals surface area contributed by atoms with E-state index >= 15 is 4.21 Å². The predicted octanol–water partition coefficient (Wildman–Crippen LogP) is 12.2. The van der Waals surface area contributed by atoms with Gasteiger partial charge in [0.15, 0.2) is 0 Å². The molecule has 0 fully saturated rings. The van der Waals surface area contributed by atoms with E-state index in [2.05, 4.69) is 48.5 Å². The van der Waals surface area contributed by atoms with Crippen LogP contribution in [0, 0.1) is 0 Å². The molecule has 0 amide bonds. The number of nitrogens with zero attached hydrogens (tertiary/aromatic N) is 1. The first-order valence-electron chi connectivity index (χ1n) is 16.2. The predicted molar refractivity (Wildman–Crippen MR) is 200 cm³/mol. The van der Waals surface area contributed by atoms with Gasteiger partial charge in [0.1, 0.15) is 32.1 Å². The largest absolute Gasteiger partial charge is 0.456 e. The lowest BCUT2D eigenvalue weighted by atomic mass is 9.92. The summed E-state index contributed by atoms with van der Waals surface area (Å²) >= 11 is 0. The number of benzene rings is 7. The fraction of sp³-hybridized carbons (Fsp3) is 0. The SMILES string of the molecule is O=S1(c2ccccc2)=Nc2ccccc2C(c2ccccc2)=C1c1cccc2oc3ccc(-c4cccc5oc6ccccc6c45)cc3c12. The Balaban J connectivity index is 1.32. The van der Waals surface area contributed by atoms with Crippen molar-refractivity contribution >= 4 is 69.8 Å². The van der Waals surface area contributed by atoms with Crippen molar-refractivity contribution in [2.45, 2.75) is 4.90 Å². The lowest BCUT2D eigenvalue weighted by molar-refractivity contribution is 0.669. The minimum Gasteiger partial charge on any atom is -0.456 e. The van der Waals surface area contributed by atoms with Crippen molar-refractivity contribution in [3.05, 3.63) is 180 Å². The zero-order valence-electron chi connectivity index (χ0n) is 26.2. The van der Waals surface area contributed by atoms with Gasteiger partial charge in [0.25, 0.3) is 0 Å². The van der Waals surface area contributed by atoms with Crippen molar-refractivity contribution < 1.29 is 13.0 Å². The van der Waals surface area contributed by atoms with Crippen LogP contribution in [0.4, 0.5) is 5.69 Å². The van der Waals surface area contributed by atoms with Gasteiger partial charge in [-0.1, -0.05) is 115 Å². The summed E-state index contributed by atoms with van der Waals surface area (Å²) in [5.41, 5.74) is 9.71. The number of hydrogen-bond acceptors (Lipinski definition) is 4. The van der Waals surface area contributed by atoms with E-state index in [-0.39, 0.29) is 0 Å². The van der Waals surface area contributed by atoms with Gasteiger partial charge in [0, 0.05) is 38.2 Å². The molecule has 1 aliphatic heterocycles. The van der Waals surface area contributed by atoms with Gasteiger partial charge in [0.2, 0.25) is 0 Å². The van der Waals surface area contributed by atoms with Crippen LogP contribution in [-0.4, -0.2) is 4.21 Å². The highest BCUT2D eigenvalue weighted by Gasteiger charge is 2.33. The molecule has 7 aromatic carbocycles. The third-order valence-corrected chi connectivity index (χ3v) is 11.8. The first-order valence-corrected chi connectivity index (χ1v) is 17.8. The number of fused-ring (bicyclic) bond motifs is 7. The molecule has 5 heteroatoms. The molecule has 1 unspecified atom stereocenters. The smallest absolute Gasteiger partial charge is 0.136 e. The quantitative estimate of drug-likeness (QED) is 0.191. The summed E-state index contributed by atoms with van der Waals surface area (Å²) in [5.74, 6) is 0. The van der Waals surface area contributed by atoms with Gasteiger partial charge in [0.05, 0.1) is 15.5 Å². The molecule has 232 valence electrons. The van der Waals surface area contributed by atoms with E-state index in [1.54, 1.807) is 0 Å². The number of hydrogen-bond donors (Lipinski definition) is 0. The van der Waals surface area contributed by atoms with E-state index in [9.17, 15) is 0 Å². The van der Waals surface area contributed by atoms with Gasteiger partial charge in [-0.25, -0.2) is 4.21 Å². The molecule has 0 aliphatic carbocycles. The van der Waals surface area contributed by atoms with Gasteiger partial charge >= 0.3 is 0 Å². The summed E-state index contributed by atoms with van der Waals surface area (Å²) in [7, 11) is -3.17. The van der Waals surface area contributed by atoms with E-state index in [0.29, 0.717) is 15.5 Å². The summed E-state index contributed by atoms with van der Waals surface area (Å²) in [6.07, 6.45) is 0. The van der Waals surface area contributed by atoms with E-state index in [1.807, 2.05) is 115 Å².